The van der Waals surface area contributed by atoms with Crippen LogP contribution in [0, 0.1) is 34.5 Å². The topological polar surface area (TPSA) is 107 Å². The molecule has 0 aliphatic heterocycles. The lowest BCUT2D eigenvalue weighted by atomic mass is 9.59. The van der Waals surface area contributed by atoms with Gasteiger partial charge in [-0.1, -0.05) is 51.1 Å². The summed E-state index contributed by atoms with van der Waals surface area (Å²) >= 11 is 0. The Morgan fingerprint density at radius 1 is 1.22 bits per heavy atom. The predicted octanol–water partition coefficient (Wildman–Crippen LogP) is 3.49. The maximum absolute atomic E-state index is 14.4. The van der Waals surface area contributed by atoms with Crippen LogP contribution in [-0.2, 0) is 9.53 Å². The van der Waals surface area contributed by atoms with E-state index in [2.05, 4.69) is 13.8 Å². The predicted molar refractivity (Wildman–Crippen MR) is 135 cm³/mol. The molecule has 2 saturated carbocycles. The molecule has 0 heterocycles. The van der Waals surface area contributed by atoms with Crippen LogP contribution in [-0.4, -0.2) is 58.2 Å². The third-order valence-electron chi connectivity index (χ3n) is 9.72. The van der Waals surface area contributed by atoms with Crippen molar-refractivity contribution < 1.29 is 29.6 Å². The number of benzene rings is 1. The summed E-state index contributed by atoms with van der Waals surface area (Å²) in [5, 5.41) is 34.3. The van der Waals surface area contributed by atoms with E-state index in [1.807, 2.05) is 32.0 Å². The van der Waals surface area contributed by atoms with Crippen molar-refractivity contribution in [2.75, 3.05) is 18.1 Å². The van der Waals surface area contributed by atoms with Gasteiger partial charge < -0.3 is 20.1 Å². The van der Waals surface area contributed by atoms with Crippen molar-refractivity contribution >= 4 is 17.6 Å². The Bertz CT molecular complexity index is 1140. The number of ether oxygens (including phenoxy) is 1. The third-order valence-corrected chi connectivity index (χ3v) is 9.72. The number of aliphatic hydroxyl groups excluding tert-OH is 2. The average molecular weight is 496 g/mol. The monoisotopic (exact) mass is 495 g/mol. The Kier molecular flexibility index (Phi) is 5.78. The molecular weight excluding hydrogens is 458 g/mol. The number of hydrogen-bond acceptors (Lipinski definition) is 6. The first-order valence-corrected chi connectivity index (χ1v) is 13.0. The quantitative estimate of drug-likeness (QED) is 0.552. The van der Waals surface area contributed by atoms with Crippen LogP contribution in [0.1, 0.15) is 41.0 Å². The smallest absolute Gasteiger partial charge is 0.414 e. The van der Waals surface area contributed by atoms with E-state index in [9.17, 15) is 24.9 Å². The number of ketones is 1. The van der Waals surface area contributed by atoms with Crippen LogP contribution < -0.4 is 4.90 Å². The van der Waals surface area contributed by atoms with Crippen molar-refractivity contribution in [1.29, 1.82) is 0 Å². The molecule has 0 radical (unpaired) electrons. The largest absolute Gasteiger partial charge is 0.438 e. The molecule has 0 aromatic heterocycles. The van der Waals surface area contributed by atoms with Gasteiger partial charge in [0, 0.05) is 18.2 Å². The molecule has 3 unspecified atom stereocenters. The van der Waals surface area contributed by atoms with Crippen LogP contribution in [0.4, 0.5) is 10.5 Å². The van der Waals surface area contributed by atoms with Gasteiger partial charge in [-0.3, -0.25) is 9.69 Å². The Morgan fingerprint density at radius 3 is 2.50 bits per heavy atom. The fraction of sp³-hybridized carbons (Fsp3) is 0.586. The number of amides is 1. The molecule has 1 amide bonds. The van der Waals surface area contributed by atoms with Crippen molar-refractivity contribution in [2.24, 2.45) is 34.5 Å². The fourth-order valence-corrected chi connectivity index (χ4v) is 7.78. The van der Waals surface area contributed by atoms with Gasteiger partial charge >= 0.3 is 6.09 Å². The number of hydrogen-bond donors (Lipinski definition) is 3. The van der Waals surface area contributed by atoms with E-state index in [-0.39, 0.29) is 28.6 Å². The van der Waals surface area contributed by atoms with Crippen LogP contribution in [0.2, 0.25) is 0 Å². The molecule has 1 spiro atoms. The molecule has 5 rings (SSSR count). The van der Waals surface area contributed by atoms with Gasteiger partial charge in [0.25, 0.3) is 0 Å². The standard InChI is InChI=1S/C29H37NO6/c1-6-30(19-10-8-7-9-11-19)26(34)36-25-16(2)14-28-17(3)12-21-22(27(21,4)5)20(24(28)33)13-18(15-31)23(32)29(25,28)35/h7-11,13-14,17,20-23,25,31-32,35H,6,12,15H2,1-5H3/t17?,20?,21-,22-,23-,25+,28?,29+/m1/s1. The molecule has 36 heavy (non-hydrogen) atoms. The number of aliphatic hydroxyl groups is 3. The number of para-hydroxylation sites is 1. The summed E-state index contributed by atoms with van der Waals surface area (Å²) in [5.74, 6) is -0.625. The first-order chi connectivity index (χ1) is 17.0. The minimum Gasteiger partial charge on any atom is -0.438 e. The van der Waals surface area contributed by atoms with E-state index in [1.54, 1.807) is 31.2 Å². The Labute approximate surface area is 212 Å². The molecule has 3 N–H and O–H groups in total. The zero-order valence-corrected chi connectivity index (χ0v) is 21.6. The van der Waals surface area contributed by atoms with E-state index in [4.69, 9.17) is 4.74 Å². The molecule has 194 valence electrons. The highest BCUT2D eigenvalue weighted by molar-refractivity contribution is 5.96. The molecule has 4 aliphatic rings. The zero-order chi connectivity index (χ0) is 26.2. The lowest BCUT2D eigenvalue weighted by molar-refractivity contribution is -0.189. The summed E-state index contributed by atoms with van der Waals surface area (Å²) in [6, 6.07) is 9.08. The number of rotatable bonds is 4. The van der Waals surface area contributed by atoms with Gasteiger partial charge in [-0.15, -0.1) is 0 Å². The third kappa shape index (κ3) is 3.09. The molecular formula is C29H37NO6. The molecule has 7 nitrogen and oxygen atoms in total. The number of anilines is 1. The number of nitrogens with zero attached hydrogens (tertiary/aromatic N) is 1. The summed E-state index contributed by atoms with van der Waals surface area (Å²) in [7, 11) is 0. The Morgan fingerprint density at radius 2 is 1.89 bits per heavy atom. The van der Waals surface area contributed by atoms with Gasteiger partial charge in [-0.2, -0.15) is 0 Å². The number of fused-ring (bicyclic) bond motifs is 3. The molecule has 8 atom stereocenters. The van der Waals surface area contributed by atoms with Crippen LogP contribution in [0.3, 0.4) is 0 Å². The van der Waals surface area contributed by atoms with Gasteiger partial charge in [-0.05, 0) is 66.7 Å². The molecule has 4 aliphatic carbocycles. The summed E-state index contributed by atoms with van der Waals surface area (Å²) < 4.78 is 5.97. The number of carbonyl (C=O) groups is 2. The summed E-state index contributed by atoms with van der Waals surface area (Å²) in [6.07, 6.45) is 0.647. The first kappa shape index (κ1) is 25.2. The molecule has 7 heteroatoms. The highest BCUT2D eigenvalue weighted by atomic mass is 16.6. The second kappa shape index (κ2) is 8.27. The van der Waals surface area contributed by atoms with Crippen LogP contribution in [0.5, 0.6) is 0 Å². The second-order valence-corrected chi connectivity index (χ2v) is 11.7. The van der Waals surface area contributed by atoms with Crippen LogP contribution in [0.25, 0.3) is 0 Å². The first-order valence-electron chi connectivity index (χ1n) is 13.0. The molecule has 2 fully saturated rings. The highest BCUT2D eigenvalue weighted by Crippen LogP contribution is 2.71. The van der Waals surface area contributed by atoms with E-state index < -0.39 is 41.8 Å². The fourth-order valence-electron chi connectivity index (χ4n) is 7.78. The average Bonchev–Trinajstić information content (AvgIpc) is 3.34. The van der Waals surface area contributed by atoms with Crippen molar-refractivity contribution in [1.82, 2.24) is 0 Å². The van der Waals surface area contributed by atoms with Crippen molar-refractivity contribution in [3.8, 4) is 0 Å². The second-order valence-electron chi connectivity index (χ2n) is 11.7. The number of Topliss-reactive ketones (excluding diaryl/α,β-unsaturated/α-hetero) is 1. The lowest BCUT2D eigenvalue weighted by Gasteiger charge is -2.49. The highest BCUT2D eigenvalue weighted by Gasteiger charge is 2.76. The number of allylic oxidation sites excluding steroid dienone is 1. The molecule has 1 aromatic rings. The normalized spacial score (nSPS) is 40.2. The Hall–Kier alpha value is -2.48. The van der Waals surface area contributed by atoms with E-state index in [1.165, 1.54) is 4.90 Å². The van der Waals surface area contributed by atoms with Gasteiger partial charge in [0.2, 0.25) is 0 Å². The maximum Gasteiger partial charge on any atom is 0.414 e. The SMILES string of the molecule is CCN(C(=O)O[C@H]1C(C)=CC23C(=O)C(C=C(CO)[C@@H](O)[C@]12O)[C@@H]1[C@@H](CC3C)C1(C)C)c1ccccc1. The Balaban J connectivity index is 1.60. The van der Waals surface area contributed by atoms with Gasteiger partial charge in [0.05, 0.1) is 12.0 Å². The summed E-state index contributed by atoms with van der Waals surface area (Å²) in [5.41, 5.74) is -2.24. The minimum atomic E-state index is -2.14. The zero-order valence-electron chi connectivity index (χ0n) is 21.6. The van der Waals surface area contributed by atoms with Crippen LogP contribution >= 0.6 is 0 Å². The van der Waals surface area contributed by atoms with Crippen molar-refractivity contribution in [2.45, 2.75) is 58.8 Å². The van der Waals surface area contributed by atoms with Crippen LogP contribution in [0.15, 0.2) is 53.6 Å². The molecule has 2 bridgehead atoms. The summed E-state index contributed by atoms with van der Waals surface area (Å²) in [4.78, 5) is 29.3. The number of carbonyl (C=O) groups excluding carboxylic acids is 2. The van der Waals surface area contributed by atoms with Gasteiger partial charge in [-0.25, -0.2) is 4.79 Å². The van der Waals surface area contributed by atoms with E-state index >= 15 is 0 Å². The molecule has 1 aromatic carbocycles. The van der Waals surface area contributed by atoms with Crippen molar-refractivity contribution in [3.63, 3.8) is 0 Å². The van der Waals surface area contributed by atoms with E-state index in [0.717, 1.165) is 0 Å². The van der Waals surface area contributed by atoms with Gasteiger partial charge in [0.1, 0.15) is 6.10 Å². The van der Waals surface area contributed by atoms with Gasteiger partial charge in [0.15, 0.2) is 17.5 Å². The molecule has 0 saturated heterocycles. The minimum absolute atomic E-state index is 0.0405. The lowest BCUT2D eigenvalue weighted by Crippen LogP contribution is -2.66. The maximum atomic E-state index is 14.4. The summed E-state index contributed by atoms with van der Waals surface area (Å²) in [6.45, 7) is 9.65. The van der Waals surface area contributed by atoms with E-state index in [0.29, 0.717) is 30.1 Å². The van der Waals surface area contributed by atoms with Crippen molar-refractivity contribution in [3.05, 3.63) is 53.6 Å².